The van der Waals surface area contributed by atoms with E-state index in [0.717, 1.165) is 17.3 Å². The maximum absolute atomic E-state index is 13.9. The summed E-state index contributed by atoms with van der Waals surface area (Å²) in [6.07, 6.45) is 1.42. The molecule has 2 aromatic rings. The summed E-state index contributed by atoms with van der Waals surface area (Å²) in [6.45, 7) is 1.85. The lowest BCUT2D eigenvalue weighted by Crippen LogP contribution is -2.19. The molecule has 0 saturated carbocycles. The van der Waals surface area contributed by atoms with Crippen molar-refractivity contribution >= 4 is 57.8 Å². The molecule has 0 radical (unpaired) electrons. The van der Waals surface area contributed by atoms with Gasteiger partial charge in [-0.1, -0.05) is 35.3 Å². The minimum Gasteiger partial charge on any atom is -0.300 e. The molecule has 0 aromatic heterocycles. The normalized spacial score (nSPS) is 17.6. The van der Waals surface area contributed by atoms with E-state index in [4.69, 9.17) is 23.2 Å². The van der Waals surface area contributed by atoms with Gasteiger partial charge >= 0.3 is 0 Å². The first-order valence-electron chi connectivity index (χ1n) is 6.94. The van der Waals surface area contributed by atoms with Gasteiger partial charge in [0.15, 0.2) is 5.17 Å². The van der Waals surface area contributed by atoms with Crippen LogP contribution in [0.15, 0.2) is 46.3 Å². The number of carbonyl (C=O) groups is 1. The number of hydrogen-bond donors (Lipinski definition) is 1. The molecular formula is C17H11Cl2FN2OS. The van der Waals surface area contributed by atoms with Crippen molar-refractivity contribution in [3.8, 4) is 0 Å². The summed E-state index contributed by atoms with van der Waals surface area (Å²) >= 11 is 13.2. The van der Waals surface area contributed by atoms with Gasteiger partial charge in [0.2, 0.25) is 0 Å². The SMILES string of the molecule is Cc1c(Cl)cccc1N=C1NC(=O)/C(=C\c2c(F)cccc2Cl)S1. The molecule has 1 N–H and O–H groups in total. The van der Waals surface area contributed by atoms with E-state index < -0.39 is 5.82 Å². The third-order valence-corrected chi connectivity index (χ3v) is 5.04. The summed E-state index contributed by atoms with van der Waals surface area (Å²) in [6, 6.07) is 9.73. The van der Waals surface area contributed by atoms with Gasteiger partial charge in [-0.25, -0.2) is 9.38 Å². The van der Waals surface area contributed by atoms with Crippen LogP contribution in [0, 0.1) is 12.7 Å². The number of rotatable bonds is 2. The summed E-state index contributed by atoms with van der Waals surface area (Å²) < 4.78 is 13.9. The Morgan fingerprint density at radius 2 is 1.88 bits per heavy atom. The summed E-state index contributed by atoms with van der Waals surface area (Å²) in [5.74, 6) is -0.836. The molecule has 1 aliphatic rings. The number of halogens is 3. The summed E-state index contributed by atoms with van der Waals surface area (Å²) in [4.78, 5) is 16.8. The molecule has 0 spiro atoms. The van der Waals surface area contributed by atoms with Crippen molar-refractivity contribution < 1.29 is 9.18 Å². The predicted octanol–water partition coefficient (Wildman–Crippen LogP) is 5.33. The number of thioether (sulfide) groups is 1. The van der Waals surface area contributed by atoms with Crippen LogP contribution in [0.3, 0.4) is 0 Å². The zero-order chi connectivity index (χ0) is 17.3. The standard InChI is InChI=1S/C17H11Cl2FN2OS/c1-9-11(18)4-3-7-14(9)21-17-22-16(23)15(24-17)8-10-12(19)5-2-6-13(10)20/h2-8H,1H3,(H,21,22,23)/b15-8+. The van der Waals surface area contributed by atoms with Gasteiger partial charge < -0.3 is 5.32 Å². The molecule has 3 nitrogen and oxygen atoms in total. The Labute approximate surface area is 152 Å². The number of benzene rings is 2. The van der Waals surface area contributed by atoms with E-state index in [1.165, 1.54) is 18.2 Å². The van der Waals surface area contributed by atoms with Crippen LogP contribution in [0.4, 0.5) is 10.1 Å². The van der Waals surface area contributed by atoms with Gasteiger partial charge in [-0.3, -0.25) is 4.79 Å². The second-order valence-electron chi connectivity index (χ2n) is 5.00. The fourth-order valence-corrected chi connectivity index (χ4v) is 3.29. The van der Waals surface area contributed by atoms with Gasteiger partial charge in [-0.15, -0.1) is 0 Å². The van der Waals surface area contributed by atoms with Crippen molar-refractivity contribution in [3.05, 3.63) is 68.3 Å². The van der Waals surface area contributed by atoms with Gasteiger partial charge in [0.05, 0.1) is 15.6 Å². The number of amides is 1. The first-order valence-corrected chi connectivity index (χ1v) is 8.51. The third-order valence-electron chi connectivity index (χ3n) is 3.39. The van der Waals surface area contributed by atoms with Gasteiger partial charge in [0, 0.05) is 10.6 Å². The lowest BCUT2D eigenvalue weighted by molar-refractivity contribution is -0.115. The maximum Gasteiger partial charge on any atom is 0.264 e. The molecule has 1 fully saturated rings. The highest BCUT2D eigenvalue weighted by Gasteiger charge is 2.25. The number of aliphatic imine (C=N–C) groups is 1. The Kier molecular flexibility index (Phi) is 4.94. The van der Waals surface area contributed by atoms with Crippen LogP contribution < -0.4 is 5.32 Å². The predicted molar refractivity (Wildman–Crippen MR) is 98.4 cm³/mol. The Balaban J connectivity index is 1.93. The monoisotopic (exact) mass is 380 g/mol. The lowest BCUT2D eigenvalue weighted by Gasteiger charge is -2.02. The molecule has 1 aliphatic heterocycles. The molecule has 1 amide bonds. The second-order valence-corrected chi connectivity index (χ2v) is 6.85. The van der Waals surface area contributed by atoms with E-state index in [9.17, 15) is 9.18 Å². The smallest absolute Gasteiger partial charge is 0.264 e. The van der Waals surface area contributed by atoms with Crippen LogP contribution in [0.2, 0.25) is 10.0 Å². The largest absolute Gasteiger partial charge is 0.300 e. The molecule has 0 unspecified atom stereocenters. The first kappa shape index (κ1) is 17.0. The summed E-state index contributed by atoms with van der Waals surface area (Å²) in [7, 11) is 0. The molecule has 0 atom stereocenters. The zero-order valence-corrected chi connectivity index (χ0v) is 14.8. The Morgan fingerprint density at radius 3 is 2.62 bits per heavy atom. The highest BCUT2D eigenvalue weighted by Crippen LogP contribution is 2.32. The van der Waals surface area contributed by atoms with Gasteiger partial charge in [-0.2, -0.15) is 0 Å². The van der Waals surface area contributed by atoms with Crippen molar-refractivity contribution in [1.82, 2.24) is 5.32 Å². The van der Waals surface area contributed by atoms with E-state index >= 15 is 0 Å². The van der Waals surface area contributed by atoms with Crippen molar-refractivity contribution in [2.24, 2.45) is 4.99 Å². The van der Waals surface area contributed by atoms with Crippen LogP contribution in [0.5, 0.6) is 0 Å². The number of amidine groups is 1. The van der Waals surface area contributed by atoms with Crippen LogP contribution in [-0.4, -0.2) is 11.1 Å². The molecule has 3 rings (SSSR count). The van der Waals surface area contributed by atoms with Crippen LogP contribution in [0.1, 0.15) is 11.1 Å². The summed E-state index contributed by atoms with van der Waals surface area (Å²) in [5, 5.41) is 3.90. The minimum absolute atomic E-state index is 0.178. The molecule has 2 aromatic carbocycles. The Hall–Kier alpha value is -1.82. The van der Waals surface area contributed by atoms with Gasteiger partial charge in [0.1, 0.15) is 5.82 Å². The van der Waals surface area contributed by atoms with Crippen molar-refractivity contribution in [3.63, 3.8) is 0 Å². The van der Waals surface area contributed by atoms with Crippen molar-refractivity contribution in [2.75, 3.05) is 0 Å². The van der Waals surface area contributed by atoms with Crippen molar-refractivity contribution in [2.45, 2.75) is 6.92 Å². The van der Waals surface area contributed by atoms with E-state index in [-0.39, 0.29) is 16.5 Å². The van der Waals surface area contributed by atoms with Gasteiger partial charge in [0.25, 0.3) is 5.91 Å². The quantitative estimate of drug-likeness (QED) is 0.715. The molecule has 0 aliphatic carbocycles. The first-order chi connectivity index (χ1) is 11.5. The number of carbonyl (C=O) groups excluding carboxylic acids is 1. The van der Waals surface area contributed by atoms with Crippen LogP contribution >= 0.6 is 35.0 Å². The zero-order valence-electron chi connectivity index (χ0n) is 12.4. The van der Waals surface area contributed by atoms with E-state index in [1.54, 1.807) is 24.3 Å². The molecule has 24 heavy (non-hydrogen) atoms. The van der Waals surface area contributed by atoms with Crippen molar-refractivity contribution in [1.29, 1.82) is 0 Å². The fraction of sp³-hybridized carbons (Fsp3) is 0.0588. The van der Waals surface area contributed by atoms with E-state index in [1.807, 2.05) is 6.92 Å². The van der Waals surface area contributed by atoms with Gasteiger partial charge in [-0.05, 0) is 54.6 Å². The molecule has 0 bridgehead atoms. The topological polar surface area (TPSA) is 41.5 Å². The molecule has 7 heteroatoms. The summed E-state index contributed by atoms with van der Waals surface area (Å²) in [5.41, 5.74) is 1.66. The minimum atomic E-state index is -0.487. The second kappa shape index (κ2) is 6.97. The van der Waals surface area contributed by atoms with E-state index in [2.05, 4.69) is 10.3 Å². The number of nitrogens with zero attached hydrogens (tertiary/aromatic N) is 1. The number of hydrogen-bond acceptors (Lipinski definition) is 3. The molecular weight excluding hydrogens is 370 g/mol. The molecule has 122 valence electrons. The average Bonchev–Trinajstić information content (AvgIpc) is 2.87. The average molecular weight is 381 g/mol. The third kappa shape index (κ3) is 3.48. The highest BCUT2D eigenvalue weighted by atomic mass is 35.5. The lowest BCUT2D eigenvalue weighted by atomic mass is 10.2. The van der Waals surface area contributed by atoms with Crippen LogP contribution in [0.25, 0.3) is 6.08 Å². The Morgan fingerprint density at radius 1 is 1.17 bits per heavy atom. The maximum atomic E-state index is 13.9. The highest BCUT2D eigenvalue weighted by molar-refractivity contribution is 8.18. The van der Waals surface area contributed by atoms with E-state index in [0.29, 0.717) is 20.8 Å². The molecule has 1 heterocycles. The molecule has 1 saturated heterocycles. The van der Waals surface area contributed by atoms with Crippen LogP contribution in [-0.2, 0) is 4.79 Å². The Bertz CT molecular complexity index is 876. The fourth-order valence-electron chi connectivity index (χ4n) is 2.09. The number of nitrogens with one attached hydrogen (secondary N) is 1.